The molecule has 0 aromatic heterocycles. The summed E-state index contributed by atoms with van der Waals surface area (Å²) in [6.07, 6.45) is 3.04. The van der Waals surface area contributed by atoms with Crippen molar-refractivity contribution in [3.05, 3.63) is 89.5 Å². The summed E-state index contributed by atoms with van der Waals surface area (Å²) in [6, 6.07) is 23.0. The number of aryl methyl sites for hydroxylation is 2. The summed E-state index contributed by atoms with van der Waals surface area (Å²) in [7, 11) is 0. The fraction of sp³-hybridized carbons (Fsp3) is 0.136. The van der Waals surface area contributed by atoms with Crippen LogP contribution < -0.4 is 11.1 Å². The molecule has 4 N–H and O–H groups in total. The third kappa shape index (κ3) is 4.63. The third-order valence-electron chi connectivity index (χ3n) is 4.27. The van der Waals surface area contributed by atoms with Gasteiger partial charge in [-0.3, -0.25) is 0 Å². The van der Waals surface area contributed by atoms with Crippen LogP contribution in [0.5, 0.6) is 0 Å². The fourth-order valence-electron chi connectivity index (χ4n) is 2.93. The number of carboxylic acid groups (broad SMARTS) is 1. The normalized spacial score (nSPS) is 10.5. The number of nitrogen functional groups attached to an aromatic ring is 1. The van der Waals surface area contributed by atoms with Crippen LogP contribution in [0.1, 0.15) is 27.9 Å². The first-order chi connectivity index (χ1) is 12.6. The number of carboxylic acids is 1. The molecule has 0 atom stereocenters. The Kier molecular flexibility index (Phi) is 5.54. The van der Waals surface area contributed by atoms with Gasteiger partial charge in [-0.2, -0.15) is 0 Å². The second-order valence-corrected chi connectivity index (χ2v) is 6.27. The summed E-state index contributed by atoms with van der Waals surface area (Å²) < 4.78 is 0. The highest BCUT2D eigenvalue weighted by atomic mass is 16.4. The molecule has 0 aliphatic rings. The van der Waals surface area contributed by atoms with Crippen LogP contribution in [0.15, 0.2) is 72.8 Å². The van der Waals surface area contributed by atoms with Crippen LogP contribution >= 0.6 is 0 Å². The Morgan fingerprint density at radius 2 is 1.62 bits per heavy atom. The predicted molar refractivity (Wildman–Crippen MR) is 106 cm³/mol. The van der Waals surface area contributed by atoms with Crippen molar-refractivity contribution in [1.82, 2.24) is 0 Å². The lowest BCUT2D eigenvalue weighted by Crippen LogP contribution is -2.02. The highest BCUT2D eigenvalue weighted by Crippen LogP contribution is 2.21. The van der Waals surface area contributed by atoms with Gasteiger partial charge in [0.15, 0.2) is 0 Å². The van der Waals surface area contributed by atoms with Crippen molar-refractivity contribution >= 4 is 23.0 Å². The highest BCUT2D eigenvalue weighted by Gasteiger charge is 2.08. The quantitative estimate of drug-likeness (QED) is 0.533. The first kappa shape index (κ1) is 17.5. The van der Waals surface area contributed by atoms with Crippen molar-refractivity contribution in [3.63, 3.8) is 0 Å². The number of carbonyl (C=O) groups is 1. The van der Waals surface area contributed by atoms with Gasteiger partial charge in [-0.25, -0.2) is 4.79 Å². The lowest BCUT2D eigenvalue weighted by atomic mass is 10.0. The smallest absolute Gasteiger partial charge is 0.337 e. The van der Waals surface area contributed by atoms with E-state index >= 15 is 0 Å². The fourth-order valence-corrected chi connectivity index (χ4v) is 2.93. The van der Waals surface area contributed by atoms with Gasteiger partial charge in [0, 0.05) is 11.4 Å². The minimum absolute atomic E-state index is 0.263. The van der Waals surface area contributed by atoms with Crippen molar-refractivity contribution in [2.45, 2.75) is 19.3 Å². The van der Waals surface area contributed by atoms with Gasteiger partial charge in [0.1, 0.15) is 0 Å². The molecule has 26 heavy (non-hydrogen) atoms. The summed E-state index contributed by atoms with van der Waals surface area (Å²) in [5.74, 6) is -0.939. The van der Waals surface area contributed by atoms with Crippen LogP contribution in [0.4, 0.5) is 17.1 Å². The third-order valence-corrected chi connectivity index (χ3v) is 4.27. The number of hydrogen-bond donors (Lipinski definition) is 3. The zero-order chi connectivity index (χ0) is 18.4. The number of para-hydroxylation sites is 1. The molecule has 4 heteroatoms. The van der Waals surface area contributed by atoms with E-state index in [1.54, 1.807) is 18.2 Å². The summed E-state index contributed by atoms with van der Waals surface area (Å²) in [5.41, 5.74) is 10.9. The monoisotopic (exact) mass is 346 g/mol. The molecular weight excluding hydrogens is 324 g/mol. The molecule has 0 amide bonds. The number of benzene rings is 3. The van der Waals surface area contributed by atoms with Gasteiger partial charge in [-0.05, 0) is 66.8 Å². The average Bonchev–Trinajstić information content (AvgIpc) is 2.63. The first-order valence-corrected chi connectivity index (χ1v) is 8.64. The van der Waals surface area contributed by atoms with E-state index in [4.69, 9.17) is 5.73 Å². The Hall–Kier alpha value is -3.27. The molecule has 4 nitrogen and oxygen atoms in total. The van der Waals surface area contributed by atoms with E-state index in [0.29, 0.717) is 5.69 Å². The molecule has 0 unspecified atom stereocenters. The summed E-state index contributed by atoms with van der Waals surface area (Å²) >= 11 is 0. The Morgan fingerprint density at radius 1 is 0.885 bits per heavy atom. The van der Waals surface area contributed by atoms with Crippen LogP contribution in [0.2, 0.25) is 0 Å². The summed E-state index contributed by atoms with van der Waals surface area (Å²) in [4.78, 5) is 11.3. The first-order valence-electron chi connectivity index (χ1n) is 8.64. The second kappa shape index (κ2) is 8.21. The van der Waals surface area contributed by atoms with E-state index in [2.05, 4.69) is 23.5 Å². The number of hydrogen-bond acceptors (Lipinski definition) is 3. The number of aromatic carboxylic acids is 1. The molecule has 0 saturated heterocycles. The number of anilines is 3. The van der Waals surface area contributed by atoms with E-state index in [9.17, 15) is 9.90 Å². The zero-order valence-corrected chi connectivity index (χ0v) is 14.5. The highest BCUT2D eigenvalue weighted by molar-refractivity contribution is 5.95. The lowest BCUT2D eigenvalue weighted by Gasteiger charge is -2.10. The zero-order valence-electron chi connectivity index (χ0n) is 14.5. The van der Waals surface area contributed by atoms with Crippen molar-refractivity contribution in [1.29, 1.82) is 0 Å². The van der Waals surface area contributed by atoms with Crippen molar-refractivity contribution in [2.24, 2.45) is 0 Å². The number of rotatable bonds is 7. The molecule has 0 radical (unpaired) electrons. The molecule has 0 heterocycles. The van der Waals surface area contributed by atoms with E-state index in [0.717, 1.165) is 30.6 Å². The molecule has 3 aromatic carbocycles. The molecule has 0 fully saturated rings. The van der Waals surface area contributed by atoms with E-state index in [-0.39, 0.29) is 5.56 Å². The molecule has 0 spiro atoms. The minimum atomic E-state index is -0.939. The van der Waals surface area contributed by atoms with E-state index < -0.39 is 5.97 Å². The largest absolute Gasteiger partial charge is 0.478 e. The van der Waals surface area contributed by atoms with Crippen LogP contribution in [0.25, 0.3) is 0 Å². The average molecular weight is 346 g/mol. The van der Waals surface area contributed by atoms with Crippen molar-refractivity contribution in [2.75, 3.05) is 11.1 Å². The van der Waals surface area contributed by atoms with E-state index in [1.807, 2.05) is 36.4 Å². The standard InChI is InChI=1S/C22H22N2O2/c23-18-8-4-7-17(15-18)6-3-5-16-11-13-19(14-12-16)24-21-10-2-1-9-20(21)22(25)26/h1-2,4,7-15,24H,3,5-6,23H2,(H,25,26). The maximum absolute atomic E-state index is 11.3. The predicted octanol–water partition coefficient (Wildman–Crippen LogP) is 4.89. The summed E-state index contributed by atoms with van der Waals surface area (Å²) in [6.45, 7) is 0. The topological polar surface area (TPSA) is 75.3 Å². The van der Waals surface area contributed by atoms with Crippen LogP contribution in [-0.4, -0.2) is 11.1 Å². The van der Waals surface area contributed by atoms with Gasteiger partial charge < -0.3 is 16.2 Å². The second-order valence-electron chi connectivity index (χ2n) is 6.27. The molecule has 0 aliphatic carbocycles. The van der Waals surface area contributed by atoms with Crippen LogP contribution in [0.3, 0.4) is 0 Å². The maximum Gasteiger partial charge on any atom is 0.337 e. The molecule has 3 aromatic rings. The lowest BCUT2D eigenvalue weighted by molar-refractivity contribution is 0.0698. The molecule has 132 valence electrons. The van der Waals surface area contributed by atoms with E-state index in [1.165, 1.54) is 11.1 Å². The van der Waals surface area contributed by atoms with Gasteiger partial charge in [-0.1, -0.05) is 36.4 Å². The molecule has 0 bridgehead atoms. The van der Waals surface area contributed by atoms with Gasteiger partial charge in [0.05, 0.1) is 11.3 Å². The van der Waals surface area contributed by atoms with Gasteiger partial charge in [0.2, 0.25) is 0 Å². The Labute approximate surface area is 153 Å². The van der Waals surface area contributed by atoms with Gasteiger partial charge in [0.25, 0.3) is 0 Å². The minimum Gasteiger partial charge on any atom is -0.478 e. The van der Waals surface area contributed by atoms with Crippen molar-refractivity contribution in [3.8, 4) is 0 Å². The van der Waals surface area contributed by atoms with Gasteiger partial charge >= 0.3 is 5.97 Å². The Bertz CT molecular complexity index is 889. The van der Waals surface area contributed by atoms with Crippen molar-refractivity contribution < 1.29 is 9.90 Å². The molecular formula is C22H22N2O2. The maximum atomic E-state index is 11.3. The Balaban J connectivity index is 1.58. The Morgan fingerprint density at radius 3 is 2.35 bits per heavy atom. The summed E-state index contributed by atoms with van der Waals surface area (Å²) in [5, 5.41) is 12.4. The number of nitrogens with one attached hydrogen (secondary N) is 1. The SMILES string of the molecule is Nc1cccc(CCCc2ccc(Nc3ccccc3C(=O)O)cc2)c1. The van der Waals surface area contributed by atoms with Crippen LogP contribution in [0, 0.1) is 0 Å². The number of nitrogens with two attached hydrogens (primary N) is 1. The van der Waals surface area contributed by atoms with Gasteiger partial charge in [-0.15, -0.1) is 0 Å². The molecule has 0 saturated carbocycles. The molecule has 0 aliphatic heterocycles. The van der Waals surface area contributed by atoms with Crippen LogP contribution in [-0.2, 0) is 12.8 Å². The molecule has 3 rings (SSSR count).